The van der Waals surface area contributed by atoms with Crippen molar-refractivity contribution in [2.24, 2.45) is 0 Å². The van der Waals surface area contributed by atoms with E-state index in [1.807, 2.05) is 51.1 Å². The Kier molecular flexibility index (Phi) is 5.48. The minimum atomic E-state index is -0.0308. The zero-order valence-electron chi connectivity index (χ0n) is 15.3. The maximum absolute atomic E-state index is 12.8. The SMILES string of the molecule is CCn1c(SCC(=O)N(C)c2ccccc2)nc2sc(C)c(C)c2c1=O. The number of carbonyl (C=O) groups is 1. The number of para-hydroxylation sites is 1. The fourth-order valence-corrected chi connectivity index (χ4v) is 4.76. The van der Waals surface area contributed by atoms with Gasteiger partial charge in [0.2, 0.25) is 5.91 Å². The van der Waals surface area contributed by atoms with Crippen LogP contribution in [0.4, 0.5) is 5.69 Å². The molecule has 0 N–H and O–H groups in total. The van der Waals surface area contributed by atoms with E-state index in [9.17, 15) is 9.59 Å². The molecule has 7 heteroatoms. The van der Waals surface area contributed by atoms with Crippen molar-refractivity contribution < 1.29 is 4.79 Å². The zero-order chi connectivity index (χ0) is 18.8. The summed E-state index contributed by atoms with van der Waals surface area (Å²) in [5.74, 6) is 0.198. The number of fused-ring (bicyclic) bond motifs is 1. The van der Waals surface area contributed by atoms with Crippen molar-refractivity contribution in [3.63, 3.8) is 0 Å². The Bertz CT molecular complexity index is 1010. The number of amides is 1. The van der Waals surface area contributed by atoms with Gasteiger partial charge in [-0.1, -0.05) is 30.0 Å². The summed E-state index contributed by atoms with van der Waals surface area (Å²) in [6.07, 6.45) is 0. The molecule has 0 spiro atoms. The van der Waals surface area contributed by atoms with E-state index in [0.717, 1.165) is 21.0 Å². The van der Waals surface area contributed by atoms with Crippen LogP contribution in [0.3, 0.4) is 0 Å². The Morgan fingerprint density at radius 1 is 1.27 bits per heavy atom. The van der Waals surface area contributed by atoms with Crippen LogP contribution in [0.25, 0.3) is 10.2 Å². The van der Waals surface area contributed by atoms with Crippen LogP contribution in [-0.2, 0) is 11.3 Å². The van der Waals surface area contributed by atoms with Gasteiger partial charge in [0.15, 0.2) is 5.16 Å². The van der Waals surface area contributed by atoms with Gasteiger partial charge in [-0.15, -0.1) is 11.3 Å². The van der Waals surface area contributed by atoms with Crippen LogP contribution in [-0.4, -0.2) is 28.3 Å². The van der Waals surface area contributed by atoms with Gasteiger partial charge >= 0.3 is 0 Å². The minimum absolute atomic E-state index is 0.0225. The smallest absolute Gasteiger partial charge is 0.263 e. The second kappa shape index (κ2) is 7.63. The lowest BCUT2D eigenvalue weighted by Gasteiger charge is -2.17. The molecule has 0 atom stereocenters. The van der Waals surface area contributed by atoms with Gasteiger partial charge in [0, 0.05) is 24.2 Å². The molecule has 0 unspecified atom stereocenters. The van der Waals surface area contributed by atoms with Crippen LogP contribution in [0.5, 0.6) is 0 Å². The molecule has 3 rings (SSSR count). The van der Waals surface area contributed by atoms with Gasteiger partial charge in [-0.2, -0.15) is 0 Å². The number of thiophene rings is 1. The molecule has 1 amide bonds. The van der Waals surface area contributed by atoms with Crippen molar-refractivity contribution in [3.05, 3.63) is 51.1 Å². The summed E-state index contributed by atoms with van der Waals surface area (Å²) in [4.78, 5) is 33.5. The van der Waals surface area contributed by atoms with Crippen LogP contribution in [0.15, 0.2) is 40.3 Å². The molecule has 1 aromatic carbocycles. The maximum Gasteiger partial charge on any atom is 0.263 e. The van der Waals surface area contributed by atoms with E-state index in [4.69, 9.17) is 0 Å². The average Bonchev–Trinajstić information content (AvgIpc) is 2.94. The molecule has 0 saturated heterocycles. The molecule has 0 aliphatic heterocycles. The number of thioether (sulfide) groups is 1. The monoisotopic (exact) mass is 387 g/mol. The molecule has 136 valence electrons. The number of rotatable bonds is 5. The molecule has 0 fully saturated rings. The van der Waals surface area contributed by atoms with Gasteiger partial charge in [0.05, 0.1) is 11.1 Å². The molecule has 0 bridgehead atoms. The Hall–Kier alpha value is -2.12. The highest BCUT2D eigenvalue weighted by Gasteiger charge is 2.18. The summed E-state index contributed by atoms with van der Waals surface area (Å²) < 4.78 is 1.65. The summed E-state index contributed by atoms with van der Waals surface area (Å²) in [7, 11) is 1.76. The van der Waals surface area contributed by atoms with Gasteiger partial charge in [-0.25, -0.2) is 4.98 Å². The maximum atomic E-state index is 12.8. The summed E-state index contributed by atoms with van der Waals surface area (Å²) >= 11 is 2.84. The average molecular weight is 388 g/mol. The minimum Gasteiger partial charge on any atom is -0.315 e. The lowest BCUT2D eigenvalue weighted by Crippen LogP contribution is -2.28. The number of hydrogen-bond donors (Lipinski definition) is 0. The first-order chi connectivity index (χ1) is 12.4. The molecular formula is C19H21N3O2S2. The van der Waals surface area contributed by atoms with Crippen LogP contribution in [0.2, 0.25) is 0 Å². The number of aryl methyl sites for hydroxylation is 2. The first-order valence-corrected chi connectivity index (χ1v) is 10.2. The van der Waals surface area contributed by atoms with Gasteiger partial charge in [0.25, 0.3) is 5.56 Å². The van der Waals surface area contributed by atoms with E-state index in [0.29, 0.717) is 17.1 Å². The van der Waals surface area contributed by atoms with Gasteiger partial charge < -0.3 is 4.90 Å². The third-order valence-electron chi connectivity index (χ3n) is 4.41. The lowest BCUT2D eigenvalue weighted by atomic mass is 10.2. The number of hydrogen-bond acceptors (Lipinski definition) is 5. The standard InChI is InChI=1S/C19H21N3O2S2/c1-5-22-18(24)16-12(2)13(3)26-17(16)20-19(22)25-11-15(23)21(4)14-9-7-6-8-10-14/h6-10H,5,11H2,1-4H3. The molecule has 0 radical (unpaired) electrons. The molecule has 5 nitrogen and oxygen atoms in total. The van der Waals surface area contributed by atoms with E-state index in [1.165, 1.54) is 23.1 Å². The van der Waals surface area contributed by atoms with Crippen molar-refractivity contribution in [3.8, 4) is 0 Å². The normalized spacial score (nSPS) is 11.1. The van der Waals surface area contributed by atoms with Gasteiger partial charge in [-0.05, 0) is 38.5 Å². The van der Waals surface area contributed by atoms with Crippen molar-refractivity contribution >= 4 is 44.9 Å². The van der Waals surface area contributed by atoms with Gasteiger partial charge in [-0.3, -0.25) is 14.2 Å². The number of carbonyl (C=O) groups excluding carboxylic acids is 1. The number of anilines is 1. The van der Waals surface area contributed by atoms with E-state index in [1.54, 1.807) is 16.5 Å². The summed E-state index contributed by atoms with van der Waals surface area (Å²) in [6, 6.07) is 9.51. The fraction of sp³-hybridized carbons (Fsp3) is 0.316. The summed E-state index contributed by atoms with van der Waals surface area (Å²) in [5, 5.41) is 1.30. The lowest BCUT2D eigenvalue weighted by molar-refractivity contribution is -0.115. The predicted molar refractivity (Wildman–Crippen MR) is 110 cm³/mol. The second-order valence-corrected chi connectivity index (χ2v) is 8.13. The highest BCUT2D eigenvalue weighted by Crippen LogP contribution is 2.28. The quantitative estimate of drug-likeness (QED) is 0.493. The van der Waals surface area contributed by atoms with E-state index in [2.05, 4.69) is 4.98 Å². The Balaban J connectivity index is 1.87. The highest BCUT2D eigenvalue weighted by atomic mass is 32.2. The third-order valence-corrected chi connectivity index (χ3v) is 6.47. The summed E-state index contributed by atoms with van der Waals surface area (Å²) in [6.45, 7) is 6.41. The predicted octanol–water partition coefficient (Wildman–Crippen LogP) is 3.85. The first kappa shape index (κ1) is 18.7. The van der Waals surface area contributed by atoms with Gasteiger partial charge in [0.1, 0.15) is 4.83 Å². The summed E-state index contributed by atoms with van der Waals surface area (Å²) in [5.41, 5.74) is 1.82. The molecule has 0 saturated carbocycles. The molecule has 2 aromatic heterocycles. The number of benzene rings is 1. The molecule has 0 aliphatic rings. The van der Waals surface area contributed by atoms with Crippen molar-refractivity contribution in [2.75, 3.05) is 17.7 Å². The Morgan fingerprint density at radius 3 is 2.62 bits per heavy atom. The molecule has 3 aromatic rings. The van der Waals surface area contributed by atoms with Crippen molar-refractivity contribution in [1.82, 2.24) is 9.55 Å². The molecule has 26 heavy (non-hydrogen) atoms. The van der Waals surface area contributed by atoms with Crippen LogP contribution in [0, 0.1) is 13.8 Å². The van der Waals surface area contributed by atoms with E-state index in [-0.39, 0.29) is 17.2 Å². The van der Waals surface area contributed by atoms with Crippen LogP contribution in [0.1, 0.15) is 17.4 Å². The van der Waals surface area contributed by atoms with Crippen molar-refractivity contribution in [2.45, 2.75) is 32.5 Å². The van der Waals surface area contributed by atoms with E-state index < -0.39 is 0 Å². The second-order valence-electron chi connectivity index (χ2n) is 5.98. The molecular weight excluding hydrogens is 366 g/mol. The fourth-order valence-electron chi connectivity index (χ4n) is 2.72. The van der Waals surface area contributed by atoms with Crippen molar-refractivity contribution in [1.29, 1.82) is 0 Å². The Labute approximate surface area is 160 Å². The number of aromatic nitrogens is 2. The number of nitrogens with zero attached hydrogens (tertiary/aromatic N) is 3. The van der Waals surface area contributed by atoms with E-state index >= 15 is 0 Å². The third kappa shape index (κ3) is 3.41. The zero-order valence-corrected chi connectivity index (χ0v) is 16.9. The molecule has 2 heterocycles. The molecule has 0 aliphatic carbocycles. The van der Waals surface area contributed by atoms with Crippen LogP contribution < -0.4 is 10.5 Å². The highest BCUT2D eigenvalue weighted by molar-refractivity contribution is 7.99. The first-order valence-electron chi connectivity index (χ1n) is 8.39. The topological polar surface area (TPSA) is 55.2 Å². The van der Waals surface area contributed by atoms with Crippen LogP contribution >= 0.6 is 23.1 Å². The Morgan fingerprint density at radius 2 is 1.96 bits per heavy atom. The largest absolute Gasteiger partial charge is 0.315 e.